The Morgan fingerprint density at radius 3 is 2.44 bits per heavy atom. The van der Waals surface area contributed by atoms with Crippen LogP contribution in [0, 0.1) is 12.7 Å². The molecule has 0 amide bonds. The second-order valence-corrected chi connectivity index (χ2v) is 5.91. The van der Waals surface area contributed by atoms with Crippen LogP contribution in [0.25, 0.3) is 11.3 Å². The molecule has 18 heavy (non-hydrogen) atoms. The van der Waals surface area contributed by atoms with Gasteiger partial charge in [0.25, 0.3) is 0 Å². The summed E-state index contributed by atoms with van der Waals surface area (Å²) in [6, 6.07) is 4.93. The van der Waals surface area contributed by atoms with Crippen molar-refractivity contribution in [3.8, 4) is 11.3 Å². The lowest BCUT2D eigenvalue weighted by Crippen LogP contribution is -2.11. The van der Waals surface area contributed by atoms with Crippen LogP contribution in [0.4, 0.5) is 4.39 Å². The van der Waals surface area contributed by atoms with Gasteiger partial charge in [0.05, 0.1) is 5.69 Å². The fourth-order valence-electron chi connectivity index (χ4n) is 1.70. The summed E-state index contributed by atoms with van der Waals surface area (Å²) in [6.07, 6.45) is 0. The number of aromatic nitrogens is 2. The Morgan fingerprint density at radius 1 is 1.22 bits per heavy atom. The number of aromatic amines is 1. The third kappa shape index (κ3) is 2.41. The highest BCUT2D eigenvalue weighted by Gasteiger charge is 2.18. The quantitative estimate of drug-likeness (QED) is 0.810. The Labute approximate surface area is 111 Å². The van der Waals surface area contributed by atoms with Crippen molar-refractivity contribution in [2.75, 3.05) is 0 Å². The normalized spacial score (nSPS) is 11.9. The number of nitrogens with zero attached hydrogens (tertiary/aromatic N) is 1. The van der Waals surface area contributed by atoms with Crippen molar-refractivity contribution in [1.29, 1.82) is 0 Å². The molecule has 2 nitrogen and oxygen atoms in total. The van der Waals surface area contributed by atoms with Gasteiger partial charge >= 0.3 is 0 Å². The SMILES string of the molecule is Cc1cc(-c2cc(C(C)(C)C)[nH]n2)c(F)cc1Cl. The van der Waals surface area contributed by atoms with Crippen LogP contribution in [0.1, 0.15) is 32.0 Å². The van der Waals surface area contributed by atoms with E-state index >= 15 is 0 Å². The van der Waals surface area contributed by atoms with Gasteiger partial charge in [0.1, 0.15) is 5.82 Å². The molecule has 0 saturated heterocycles. The van der Waals surface area contributed by atoms with E-state index in [1.165, 1.54) is 6.07 Å². The average molecular weight is 267 g/mol. The van der Waals surface area contributed by atoms with Crippen molar-refractivity contribution in [2.24, 2.45) is 0 Å². The predicted octanol–water partition coefficient (Wildman–Crippen LogP) is 4.48. The van der Waals surface area contributed by atoms with Gasteiger partial charge in [-0.15, -0.1) is 0 Å². The summed E-state index contributed by atoms with van der Waals surface area (Å²) in [6.45, 7) is 8.08. The average Bonchev–Trinajstić information content (AvgIpc) is 2.72. The van der Waals surface area contributed by atoms with Crippen molar-refractivity contribution < 1.29 is 4.39 Å². The van der Waals surface area contributed by atoms with Crippen LogP contribution < -0.4 is 0 Å². The monoisotopic (exact) mass is 266 g/mol. The molecular formula is C14H16ClFN2. The van der Waals surface area contributed by atoms with E-state index in [-0.39, 0.29) is 11.2 Å². The number of hydrogen-bond acceptors (Lipinski definition) is 1. The van der Waals surface area contributed by atoms with Crippen molar-refractivity contribution in [3.05, 3.63) is 40.3 Å². The van der Waals surface area contributed by atoms with E-state index in [1.807, 2.05) is 13.0 Å². The number of H-pyrrole nitrogens is 1. The molecule has 1 N–H and O–H groups in total. The lowest BCUT2D eigenvalue weighted by atomic mass is 9.92. The van der Waals surface area contributed by atoms with Crippen LogP contribution in [-0.4, -0.2) is 10.2 Å². The van der Waals surface area contributed by atoms with E-state index in [0.29, 0.717) is 16.3 Å². The fraction of sp³-hybridized carbons (Fsp3) is 0.357. The summed E-state index contributed by atoms with van der Waals surface area (Å²) >= 11 is 5.88. The first-order chi connectivity index (χ1) is 8.29. The summed E-state index contributed by atoms with van der Waals surface area (Å²) in [5.41, 5.74) is 2.86. The molecule has 0 unspecified atom stereocenters. The first kappa shape index (κ1) is 13.1. The minimum atomic E-state index is -0.349. The zero-order chi connectivity index (χ0) is 13.5. The van der Waals surface area contributed by atoms with Gasteiger partial charge in [0.2, 0.25) is 0 Å². The Morgan fingerprint density at radius 2 is 1.89 bits per heavy atom. The molecule has 96 valence electrons. The third-order valence-electron chi connectivity index (χ3n) is 2.91. The van der Waals surface area contributed by atoms with Crippen LogP contribution >= 0.6 is 11.6 Å². The van der Waals surface area contributed by atoms with Crippen LogP contribution in [0.5, 0.6) is 0 Å². The summed E-state index contributed by atoms with van der Waals surface area (Å²) < 4.78 is 13.9. The van der Waals surface area contributed by atoms with Gasteiger partial charge in [-0.05, 0) is 30.7 Å². The summed E-state index contributed by atoms with van der Waals surface area (Å²) in [7, 11) is 0. The van der Waals surface area contributed by atoms with Gasteiger partial charge in [-0.25, -0.2) is 4.39 Å². The maximum Gasteiger partial charge on any atom is 0.134 e. The van der Waals surface area contributed by atoms with Crippen molar-refractivity contribution in [2.45, 2.75) is 33.1 Å². The van der Waals surface area contributed by atoms with E-state index in [9.17, 15) is 4.39 Å². The van der Waals surface area contributed by atoms with E-state index in [4.69, 9.17) is 11.6 Å². The first-order valence-electron chi connectivity index (χ1n) is 5.81. The Kier molecular flexibility index (Phi) is 3.20. The molecule has 0 spiro atoms. The van der Waals surface area contributed by atoms with Crippen molar-refractivity contribution in [3.63, 3.8) is 0 Å². The maximum absolute atomic E-state index is 13.9. The van der Waals surface area contributed by atoms with E-state index in [1.54, 1.807) is 6.07 Å². The largest absolute Gasteiger partial charge is 0.281 e. The van der Waals surface area contributed by atoms with Gasteiger partial charge in [0.15, 0.2) is 0 Å². The van der Waals surface area contributed by atoms with Crippen LogP contribution in [-0.2, 0) is 5.41 Å². The molecule has 0 radical (unpaired) electrons. The van der Waals surface area contributed by atoms with E-state index < -0.39 is 0 Å². The van der Waals surface area contributed by atoms with Gasteiger partial charge in [-0.2, -0.15) is 5.10 Å². The molecule has 0 aliphatic rings. The number of benzene rings is 1. The highest BCUT2D eigenvalue weighted by Crippen LogP contribution is 2.29. The standard InChI is InChI=1S/C14H16ClFN2/c1-8-5-9(11(16)6-10(8)15)12-7-13(18-17-12)14(2,3)4/h5-7H,1-4H3,(H,17,18). The molecular weight excluding hydrogens is 251 g/mol. The van der Waals surface area contributed by atoms with E-state index in [0.717, 1.165) is 11.3 Å². The van der Waals surface area contributed by atoms with Crippen LogP contribution in [0.2, 0.25) is 5.02 Å². The van der Waals surface area contributed by atoms with Crippen molar-refractivity contribution in [1.82, 2.24) is 10.2 Å². The molecule has 1 aromatic carbocycles. The molecule has 2 rings (SSSR count). The third-order valence-corrected chi connectivity index (χ3v) is 3.32. The molecule has 4 heteroatoms. The van der Waals surface area contributed by atoms with Crippen LogP contribution in [0.3, 0.4) is 0 Å². The molecule has 0 aliphatic carbocycles. The zero-order valence-corrected chi connectivity index (χ0v) is 11.7. The predicted molar refractivity (Wildman–Crippen MR) is 72.4 cm³/mol. The van der Waals surface area contributed by atoms with Gasteiger partial charge in [-0.3, -0.25) is 5.10 Å². The molecule has 0 bridgehead atoms. The Hall–Kier alpha value is -1.35. The molecule has 2 aromatic rings. The lowest BCUT2D eigenvalue weighted by Gasteiger charge is -2.14. The molecule has 0 saturated carbocycles. The number of hydrogen-bond donors (Lipinski definition) is 1. The summed E-state index contributed by atoms with van der Waals surface area (Å²) in [5, 5.41) is 7.57. The molecule has 0 atom stereocenters. The maximum atomic E-state index is 13.9. The summed E-state index contributed by atoms with van der Waals surface area (Å²) in [5.74, 6) is -0.349. The second-order valence-electron chi connectivity index (χ2n) is 5.50. The molecule has 1 heterocycles. The number of nitrogens with one attached hydrogen (secondary N) is 1. The minimum Gasteiger partial charge on any atom is -0.281 e. The van der Waals surface area contributed by atoms with Crippen molar-refractivity contribution >= 4 is 11.6 Å². The van der Waals surface area contributed by atoms with Crippen LogP contribution in [0.15, 0.2) is 18.2 Å². The number of rotatable bonds is 1. The first-order valence-corrected chi connectivity index (χ1v) is 6.19. The number of halogens is 2. The zero-order valence-electron chi connectivity index (χ0n) is 10.9. The smallest absolute Gasteiger partial charge is 0.134 e. The van der Waals surface area contributed by atoms with Gasteiger partial charge < -0.3 is 0 Å². The highest BCUT2D eigenvalue weighted by atomic mass is 35.5. The van der Waals surface area contributed by atoms with Gasteiger partial charge in [0, 0.05) is 21.7 Å². The van der Waals surface area contributed by atoms with Gasteiger partial charge in [-0.1, -0.05) is 32.4 Å². The topological polar surface area (TPSA) is 28.7 Å². The minimum absolute atomic E-state index is 0.0385. The summed E-state index contributed by atoms with van der Waals surface area (Å²) in [4.78, 5) is 0. The Bertz CT molecular complexity index is 582. The molecule has 1 aromatic heterocycles. The fourth-order valence-corrected chi connectivity index (χ4v) is 1.85. The highest BCUT2D eigenvalue weighted by molar-refractivity contribution is 6.31. The lowest BCUT2D eigenvalue weighted by molar-refractivity contribution is 0.567. The molecule has 0 aliphatic heterocycles. The number of aryl methyl sites for hydroxylation is 1. The second kappa shape index (κ2) is 4.39. The molecule has 0 fully saturated rings. The Balaban J connectivity index is 2.50. The van der Waals surface area contributed by atoms with E-state index in [2.05, 4.69) is 31.0 Å².